The fourth-order valence-corrected chi connectivity index (χ4v) is 2.18. The molecule has 0 bridgehead atoms. The molecule has 1 atom stereocenters. The summed E-state index contributed by atoms with van der Waals surface area (Å²) in [4.78, 5) is 11.8. The summed E-state index contributed by atoms with van der Waals surface area (Å²) in [5.41, 5.74) is 2.45. The number of fused-ring (bicyclic) bond motifs is 1. The number of cyclic esters (lactones) is 1. The molecule has 1 aliphatic heterocycles. The summed E-state index contributed by atoms with van der Waals surface area (Å²) >= 11 is 0. The van der Waals surface area contributed by atoms with Gasteiger partial charge in [0.25, 0.3) is 0 Å². The molecule has 1 unspecified atom stereocenters. The molecule has 1 heterocycles. The van der Waals surface area contributed by atoms with Crippen LogP contribution < -0.4 is 4.74 Å². The van der Waals surface area contributed by atoms with Gasteiger partial charge < -0.3 is 9.47 Å². The minimum Gasteiger partial charge on any atom is -0.497 e. The van der Waals surface area contributed by atoms with Crippen LogP contribution in [-0.4, -0.2) is 13.1 Å². The smallest absolute Gasteiger partial charge is 0.339 e. The van der Waals surface area contributed by atoms with E-state index in [9.17, 15) is 4.79 Å². The number of methoxy groups -OCH3 is 1. The Balaban J connectivity index is 2.10. The van der Waals surface area contributed by atoms with Crippen molar-refractivity contribution in [3.05, 3.63) is 65.2 Å². The van der Waals surface area contributed by atoms with E-state index in [1.54, 1.807) is 19.2 Å². The molecule has 2 aromatic carbocycles. The van der Waals surface area contributed by atoms with E-state index in [1.165, 1.54) is 0 Å². The molecule has 90 valence electrons. The van der Waals surface area contributed by atoms with E-state index in [4.69, 9.17) is 9.47 Å². The normalized spacial score (nSPS) is 17.2. The molecular formula is C15H12O3. The second kappa shape index (κ2) is 4.18. The Morgan fingerprint density at radius 3 is 2.61 bits per heavy atom. The van der Waals surface area contributed by atoms with Crippen LogP contribution in [0.4, 0.5) is 0 Å². The molecule has 2 aromatic rings. The van der Waals surface area contributed by atoms with Crippen molar-refractivity contribution in [1.82, 2.24) is 0 Å². The summed E-state index contributed by atoms with van der Waals surface area (Å²) in [6.45, 7) is 0. The topological polar surface area (TPSA) is 35.5 Å². The van der Waals surface area contributed by atoms with Gasteiger partial charge in [-0.2, -0.15) is 0 Å². The lowest BCUT2D eigenvalue weighted by Crippen LogP contribution is -2.00. The second-order valence-corrected chi connectivity index (χ2v) is 4.15. The van der Waals surface area contributed by atoms with Gasteiger partial charge in [-0.15, -0.1) is 0 Å². The lowest BCUT2D eigenvalue weighted by Gasteiger charge is -2.11. The van der Waals surface area contributed by atoms with Gasteiger partial charge in [-0.3, -0.25) is 0 Å². The molecule has 0 aliphatic carbocycles. The van der Waals surface area contributed by atoms with E-state index in [-0.39, 0.29) is 12.1 Å². The van der Waals surface area contributed by atoms with E-state index >= 15 is 0 Å². The third kappa shape index (κ3) is 1.64. The van der Waals surface area contributed by atoms with Crippen molar-refractivity contribution in [2.75, 3.05) is 7.11 Å². The zero-order valence-electron chi connectivity index (χ0n) is 9.92. The van der Waals surface area contributed by atoms with E-state index in [0.717, 1.165) is 16.9 Å². The summed E-state index contributed by atoms with van der Waals surface area (Å²) in [7, 11) is 1.61. The number of carbonyl (C=O) groups is 1. The highest BCUT2D eigenvalue weighted by molar-refractivity contribution is 5.94. The molecule has 18 heavy (non-hydrogen) atoms. The molecule has 0 radical (unpaired) electrons. The number of carbonyl (C=O) groups excluding carboxylic acids is 1. The number of rotatable bonds is 2. The minimum atomic E-state index is -0.330. The van der Waals surface area contributed by atoms with Crippen molar-refractivity contribution in [2.24, 2.45) is 0 Å². The largest absolute Gasteiger partial charge is 0.497 e. The Kier molecular flexibility index (Phi) is 2.52. The van der Waals surface area contributed by atoms with Crippen LogP contribution in [0.15, 0.2) is 48.5 Å². The fraction of sp³-hybridized carbons (Fsp3) is 0.133. The summed E-state index contributed by atoms with van der Waals surface area (Å²) in [5, 5.41) is 0. The van der Waals surface area contributed by atoms with Crippen molar-refractivity contribution < 1.29 is 14.3 Å². The van der Waals surface area contributed by atoms with Crippen LogP contribution in [0, 0.1) is 0 Å². The predicted octanol–water partition coefficient (Wildman–Crippen LogP) is 2.96. The summed E-state index contributed by atoms with van der Waals surface area (Å²) in [6.07, 6.45) is -0.330. The van der Waals surface area contributed by atoms with Crippen molar-refractivity contribution in [3.8, 4) is 5.75 Å². The van der Waals surface area contributed by atoms with Crippen LogP contribution >= 0.6 is 0 Å². The number of ether oxygens (including phenoxy) is 2. The first-order valence-corrected chi connectivity index (χ1v) is 5.73. The first-order chi connectivity index (χ1) is 8.79. The molecule has 0 N–H and O–H groups in total. The Morgan fingerprint density at radius 2 is 1.89 bits per heavy atom. The van der Waals surface area contributed by atoms with E-state index in [2.05, 4.69) is 0 Å². The van der Waals surface area contributed by atoms with E-state index < -0.39 is 0 Å². The molecule has 0 fully saturated rings. The molecular weight excluding hydrogens is 228 g/mol. The second-order valence-electron chi connectivity index (χ2n) is 4.15. The number of benzene rings is 2. The van der Waals surface area contributed by atoms with Crippen LogP contribution in [-0.2, 0) is 4.74 Å². The molecule has 0 amide bonds. The predicted molar refractivity (Wildman–Crippen MR) is 66.7 cm³/mol. The third-order valence-electron chi connectivity index (χ3n) is 3.09. The molecule has 0 saturated heterocycles. The van der Waals surface area contributed by atoms with Gasteiger partial charge in [0.2, 0.25) is 0 Å². The van der Waals surface area contributed by atoms with Crippen LogP contribution in [0.3, 0.4) is 0 Å². The Bertz CT molecular complexity index is 590. The zero-order valence-corrected chi connectivity index (χ0v) is 9.92. The van der Waals surface area contributed by atoms with Crippen molar-refractivity contribution >= 4 is 5.97 Å². The molecule has 0 spiro atoms. The van der Waals surface area contributed by atoms with E-state index in [1.807, 2.05) is 36.4 Å². The average Bonchev–Trinajstić information content (AvgIpc) is 2.76. The number of hydrogen-bond donors (Lipinski definition) is 0. The third-order valence-corrected chi connectivity index (χ3v) is 3.09. The highest BCUT2D eigenvalue weighted by Crippen LogP contribution is 2.37. The first-order valence-electron chi connectivity index (χ1n) is 5.73. The summed E-state index contributed by atoms with van der Waals surface area (Å²) in [5.74, 6) is 0.453. The highest BCUT2D eigenvalue weighted by Gasteiger charge is 2.32. The van der Waals surface area contributed by atoms with Gasteiger partial charge in [-0.05, 0) is 23.8 Å². The number of hydrogen-bond acceptors (Lipinski definition) is 3. The summed E-state index contributed by atoms with van der Waals surface area (Å²) in [6, 6.07) is 15.1. The van der Waals surface area contributed by atoms with Crippen molar-refractivity contribution in [2.45, 2.75) is 6.10 Å². The maximum atomic E-state index is 11.8. The van der Waals surface area contributed by atoms with Gasteiger partial charge in [0.1, 0.15) is 5.75 Å². The maximum absolute atomic E-state index is 11.8. The quantitative estimate of drug-likeness (QED) is 0.757. The van der Waals surface area contributed by atoms with Crippen molar-refractivity contribution in [1.29, 1.82) is 0 Å². The molecule has 0 saturated carbocycles. The van der Waals surface area contributed by atoms with Gasteiger partial charge in [0.15, 0.2) is 6.10 Å². The Morgan fingerprint density at radius 1 is 1.11 bits per heavy atom. The SMILES string of the molecule is COc1ccc2c(c1)C(c1ccccc1)OC2=O. The summed E-state index contributed by atoms with van der Waals surface area (Å²) < 4.78 is 10.6. The Hall–Kier alpha value is -2.29. The maximum Gasteiger partial charge on any atom is 0.339 e. The first kappa shape index (κ1) is 10.8. The molecule has 3 heteroatoms. The van der Waals surface area contributed by atoms with Gasteiger partial charge in [-0.25, -0.2) is 4.79 Å². The molecule has 0 aromatic heterocycles. The minimum absolute atomic E-state index is 0.276. The zero-order chi connectivity index (χ0) is 12.5. The molecule has 3 nitrogen and oxygen atoms in total. The lowest BCUT2D eigenvalue weighted by molar-refractivity contribution is 0.0455. The van der Waals surface area contributed by atoms with Crippen LogP contribution in [0.1, 0.15) is 27.6 Å². The average molecular weight is 240 g/mol. The highest BCUT2D eigenvalue weighted by atomic mass is 16.5. The van der Waals surface area contributed by atoms with Crippen molar-refractivity contribution in [3.63, 3.8) is 0 Å². The van der Waals surface area contributed by atoms with Gasteiger partial charge >= 0.3 is 5.97 Å². The van der Waals surface area contributed by atoms with Gasteiger partial charge in [-0.1, -0.05) is 30.3 Å². The standard InChI is InChI=1S/C15H12O3/c1-17-11-7-8-12-13(9-11)14(18-15(12)16)10-5-3-2-4-6-10/h2-9,14H,1H3. The lowest BCUT2D eigenvalue weighted by atomic mass is 9.99. The van der Waals surface area contributed by atoms with Crippen LogP contribution in [0.5, 0.6) is 5.75 Å². The van der Waals surface area contributed by atoms with Crippen LogP contribution in [0.25, 0.3) is 0 Å². The van der Waals surface area contributed by atoms with Crippen LogP contribution in [0.2, 0.25) is 0 Å². The Labute approximate surface area is 105 Å². The van der Waals surface area contributed by atoms with E-state index in [0.29, 0.717) is 5.56 Å². The fourth-order valence-electron chi connectivity index (χ4n) is 2.18. The monoisotopic (exact) mass is 240 g/mol. The number of esters is 1. The van der Waals surface area contributed by atoms with Gasteiger partial charge in [0.05, 0.1) is 12.7 Å². The molecule has 3 rings (SSSR count). The van der Waals surface area contributed by atoms with Gasteiger partial charge in [0, 0.05) is 5.56 Å². The molecule has 1 aliphatic rings.